The van der Waals surface area contributed by atoms with Gasteiger partial charge in [0.15, 0.2) is 11.0 Å². The lowest BCUT2D eigenvalue weighted by Crippen LogP contribution is -2.15. The Balaban J connectivity index is 1.60. The lowest BCUT2D eigenvalue weighted by Gasteiger charge is -2.09. The van der Waals surface area contributed by atoms with E-state index >= 15 is 0 Å². The van der Waals surface area contributed by atoms with Crippen LogP contribution in [0.25, 0.3) is 11.4 Å². The minimum absolute atomic E-state index is 0.0690. The summed E-state index contributed by atoms with van der Waals surface area (Å²) in [6.45, 7) is 6.90. The number of nitrogens with one attached hydrogen (secondary N) is 1. The monoisotopic (exact) mass is 410 g/mol. The van der Waals surface area contributed by atoms with Crippen LogP contribution in [0.5, 0.6) is 5.75 Å². The first-order valence-corrected chi connectivity index (χ1v) is 10.5. The van der Waals surface area contributed by atoms with Gasteiger partial charge in [-0.15, -0.1) is 10.2 Å². The maximum absolute atomic E-state index is 12.3. The third kappa shape index (κ3) is 5.60. The molecule has 152 valence electrons. The van der Waals surface area contributed by atoms with E-state index in [-0.39, 0.29) is 11.7 Å². The van der Waals surface area contributed by atoms with Gasteiger partial charge in [-0.1, -0.05) is 43.8 Å². The topological polar surface area (TPSA) is 69.0 Å². The summed E-state index contributed by atoms with van der Waals surface area (Å²) < 4.78 is 7.62. The van der Waals surface area contributed by atoms with Gasteiger partial charge < -0.3 is 14.6 Å². The molecule has 7 heteroatoms. The van der Waals surface area contributed by atoms with Gasteiger partial charge in [-0.05, 0) is 48.7 Å². The molecule has 3 aromatic rings. The smallest absolute Gasteiger partial charge is 0.234 e. The highest BCUT2D eigenvalue weighted by atomic mass is 32.2. The Labute approximate surface area is 175 Å². The normalized spacial score (nSPS) is 10.9. The van der Waals surface area contributed by atoms with Crippen LogP contribution in [-0.4, -0.2) is 33.0 Å². The Morgan fingerprint density at radius 1 is 1.14 bits per heavy atom. The molecule has 0 bridgehead atoms. The number of thioether (sulfide) groups is 1. The van der Waals surface area contributed by atoms with E-state index in [2.05, 4.69) is 29.4 Å². The van der Waals surface area contributed by atoms with Crippen molar-refractivity contribution < 1.29 is 9.53 Å². The Kier molecular flexibility index (Phi) is 6.93. The first-order chi connectivity index (χ1) is 13.9. The van der Waals surface area contributed by atoms with Crippen LogP contribution in [0.15, 0.2) is 53.7 Å². The molecule has 1 aromatic heterocycles. The number of hydrogen-bond donors (Lipinski definition) is 1. The molecule has 0 fully saturated rings. The van der Waals surface area contributed by atoms with Gasteiger partial charge in [0.25, 0.3) is 0 Å². The van der Waals surface area contributed by atoms with Gasteiger partial charge in [0.2, 0.25) is 5.91 Å². The molecule has 0 unspecified atom stereocenters. The Hall–Kier alpha value is -2.80. The van der Waals surface area contributed by atoms with Gasteiger partial charge in [-0.2, -0.15) is 0 Å². The molecule has 0 aliphatic heterocycles. The second-order valence-electron chi connectivity index (χ2n) is 7.25. The molecule has 29 heavy (non-hydrogen) atoms. The average Bonchev–Trinajstić information content (AvgIpc) is 3.07. The fourth-order valence-corrected chi connectivity index (χ4v) is 3.40. The van der Waals surface area contributed by atoms with E-state index < -0.39 is 0 Å². The van der Waals surface area contributed by atoms with Crippen molar-refractivity contribution in [3.8, 4) is 17.1 Å². The summed E-state index contributed by atoms with van der Waals surface area (Å²) in [5, 5.41) is 12.1. The number of benzene rings is 2. The molecule has 0 atom stereocenters. The number of aromatic nitrogens is 3. The van der Waals surface area contributed by atoms with E-state index in [1.165, 1.54) is 11.8 Å². The van der Waals surface area contributed by atoms with Crippen LogP contribution in [0.1, 0.15) is 19.4 Å². The third-order valence-corrected chi connectivity index (χ3v) is 5.30. The summed E-state index contributed by atoms with van der Waals surface area (Å²) in [5.41, 5.74) is 2.82. The van der Waals surface area contributed by atoms with Crippen molar-refractivity contribution in [3.63, 3.8) is 0 Å². The number of carbonyl (C=O) groups excluding carboxylic acids is 1. The summed E-state index contributed by atoms with van der Waals surface area (Å²) in [5.74, 6) is 2.27. The standard InChI is InChI=1S/C22H26N4O2S/c1-15(2)13-28-18-11-9-17(10-12-18)21-24-25-22(26(21)4)29-14-20(27)23-19-8-6-5-7-16(19)3/h5-12,15H,13-14H2,1-4H3,(H,23,27). The van der Waals surface area contributed by atoms with Crippen molar-refractivity contribution in [1.82, 2.24) is 14.8 Å². The molecule has 3 rings (SSSR count). The number of ether oxygens (including phenoxy) is 1. The largest absolute Gasteiger partial charge is 0.493 e. The number of nitrogens with zero attached hydrogens (tertiary/aromatic N) is 3. The summed E-state index contributed by atoms with van der Waals surface area (Å²) in [6.07, 6.45) is 0. The summed E-state index contributed by atoms with van der Waals surface area (Å²) in [6, 6.07) is 15.5. The van der Waals surface area contributed by atoms with E-state index in [1.807, 2.05) is 67.1 Å². The number of amides is 1. The van der Waals surface area contributed by atoms with Crippen molar-refractivity contribution in [1.29, 1.82) is 0 Å². The van der Waals surface area contributed by atoms with E-state index in [0.717, 1.165) is 28.4 Å². The Morgan fingerprint density at radius 3 is 2.55 bits per heavy atom. The van der Waals surface area contributed by atoms with E-state index in [0.29, 0.717) is 17.7 Å². The van der Waals surface area contributed by atoms with Crippen LogP contribution >= 0.6 is 11.8 Å². The maximum Gasteiger partial charge on any atom is 0.234 e. The number of para-hydroxylation sites is 1. The van der Waals surface area contributed by atoms with Gasteiger partial charge in [0, 0.05) is 18.3 Å². The molecule has 1 N–H and O–H groups in total. The number of carbonyl (C=O) groups is 1. The molecule has 2 aromatic carbocycles. The van der Waals surface area contributed by atoms with Crippen LogP contribution in [0, 0.1) is 12.8 Å². The highest BCUT2D eigenvalue weighted by Gasteiger charge is 2.13. The Bertz CT molecular complexity index is 967. The lowest BCUT2D eigenvalue weighted by molar-refractivity contribution is -0.113. The zero-order chi connectivity index (χ0) is 20.8. The summed E-state index contributed by atoms with van der Waals surface area (Å²) in [7, 11) is 1.90. The molecule has 0 saturated carbocycles. The lowest BCUT2D eigenvalue weighted by atomic mass is 10.2. The number of anilines is 1. The molecule has 1 heterocycles. The SMILES string of the molecule is Cc1ccccc1NC(=O)CSc1nnc(-c2ccc(OCC(C)C)cc2)n1C. The van der Waals surface area contributed by atoms with Crippen molar-refractivity contribution in [2.45, 2.75) is 25.9 Å². The van der Waals surface area contributed by atoms with Crippen LogP contribution in [0.2, 0.25) is 0 Å². The third-order valence-electron chi connectivity index (χ3n) is 4.28. The van der Waals surface area contributed by atoms with Crippen LogP contribution in [-0.2, 0) is 11.8 Å². The molecule has 0 aliphatic rings. The molecular weight excluding hydrogens is 384 g/mol. The van der Waals surface area contributed by atoms with Crippen LogP contribution in [0.3, 0.4) is 0 Å². The second-order valence-corrected chi connectivity index (χ2v) is 8.19. The Morgan fingerprint density at radius 2 is 1.86 bits per heavy atom. The van der Waals surface area contributed by atoms with E-state index in [4.69, 9.17) is 4.74 Å². The van der Waals surface area contributed by atoms with Gasteiger partial charge in [-0.25, -0.2) is 0 Å². The second kappa shape index (κ2) is 9.60. The average molecular weight is 411 g/mol. The number of hydrogen-bond acceptors (Lipinski definition) is 5. The molecule has 0 spiro atoms. The van der Waals surface area contributed by atoms with E-state index in [1.54, 1.807) is 0 Å². The predicted molar refractivity (Wildman–Crippen MR) is 117 cm³/mol. The molecule has 0 radical (unpaired) electrons. The molecule has 0 aliphatic carbocycles. The van der Waals surface area contributed by atoms with Crippen molar-refractivity contribution in [2.75, 3.05) is 17.7 Å². The van der Waals surface area contributed by atoms with Gasteiger partial charge in [0.05, 0.1) is 12.4 Å². The first kappa shape index (κ1) is 20.9. The van der Waals surface area contributed by atoms with Gasteiger partial charge in [0.1, 0.15) is 5.75 Å². The number of rotatable bonds is 8. The highest BCUT2D eigenvalue weighted by Crippen LogP contribution is 2.25. The summed E-state index contributed by atoms with van der Waals surface area (Å²) >= 11 is 1.36. The first-order valence-electron chi connectivity index (χ1n) is 9.55. The minimum Gasteiger partial charge on any atom is -0.493 e. The molecule has 6 nitrogen and oxygen atoms in total. The minimum atomic E-state index is -0.0690. The van der Waals surface area contributed by atoms with E-state index in [9.17, 15) is 4.79 Å². The zero-order valence-electron chi connectivity index (χ0n) is 17.2. The van der Waals surface area contributed by atoms with Crippen molar-refractivity contribution in [2.24, 2.45) is 13.0 Å². The fourth-order valence-electron chi connectivity index (χ4n) is 2.68. The quantitative estimate of drug-likeness (QED) is 0.552. The number of aryl methyl sites for hydroxylation is 1. The fraction of sp³-hybridized carbons (Fsp3) is 0.318. The van der Waals surface area contributed by atoms with Crippen LogP contribution in [0.4, 0.5) is 5.69 Å². The highest BCUT2D eigenvalue weighted by molar-refractivity contribution is 7.99. The van der Waals surface area contributed by atoms with Gasteiger partial charge in [-0.3, -0.25) is 4.79 Å². The zero-order valence-corrected chi connectivity index (χ0v) is 18.0. The maximum atomic E-state index is 12.3. The predicted octanol–water partition coefficient (Wildman–Crippen LogP) is 4.56. The summed E-state index contributed by atoms with van der Waals surface area (Å²) in [4.78, 5) is 12.3. The molecule has 1 amide bonds. The van der Waals surface area contributed by atoms with Crippen molar-refractivity contribution >= 4 is 23.4 Å². The van der Waals surface area contributed by atoms with Gasteiger partial charge >= 0.3 is 0 Å². The molecule has 0 saturated heterocycles. The van der Waals surface area contributed by atoms with Crippen molar-refractivity contribution in [3.05, 3.63) is 54.1 Å². The molecular formula is C22H26N4O2S. The van der Waals surface area contributed by atoms with Crippen LogP contribution < -0.4 is 10.1 Å².